The number of amidine groups is 1. The lowest BCUT2D eigenvalue weighted by atomic mass is 9.78. The van der Waals surface area contributed by atoms with E-state index in [1.807, 2.05) is 27.7 Å². The molecule has 0 saturated carbocycles. The maximum Gasteiger partial charge on any atom is 0.497 e. The molecule has 2 rings (SSSR count). The molecule has 1 aliphatic heterocycles. The smallest absolute Gasteiger partial charge is 0.399 e. The molecule has 1 heterocycles. The van der Waals surface area contributed by atoms with E-state index in [2.05, 4.69) is 4.99 Å². The molecule has 0 unspecified atom stereocenters. The minimum atomic E-state index is -0.776. The zero-order valence-corrected chi connectivity index (χ0v) is 13.4. The minimum absolute atomic E-state index is 0.114. The fraction of sp³-hybridized carbons (Fsp3) is 0.500. The summed E-state index contributed by atoms with van der Waals surface area (Å²) in [7, 11) is -0.776. The topological polar surface area (TPSA) is 56.8 Å². The van der Waals surface area contributed by atoms with Gasteiger partial charge in [-0.25, -0.2) is 9.38 Å². The van der Waals surface area contributed by atoms with Crippen molar-refractivity contribution in [1.29, 1.82) is 0 Å². The fourth-order valence-electron chi connectivity index (χ4n) is 1.95. The number of hydrogen-bond donors (Lipinski definition) is 1. The van der Waals surface area contributed by atoms with Crippen LogP contribution in [0.25, 0.3) is 0 Å². The van der Waals surface area contributed by atoms with Gasteiger partial charge in [-0.3, -0.25) is 0 Å². The van der Waals surface area contributed by atoms with E-state index < -0.39 is 24.1 Å². The number of aliphatic imine (C=N–C) groups is 1. The van der Waals surface area contributed by atoms with Gasteiger partial charge in [0.1, 0.15) is 11.7 Å². The third kappa shape index (κ3) is 3.22. The molecule has 1 aromatic carbocycles. The second-order valence-electron chi connectivity index (χ2n) is 6.03. The Morgan fingerprint density at radius 2 is 1.86 bits per heavy atom. The molecule has 0 bridgehead atoms. The van der Waals surface area contributed by atoms with Crippen molar-refractivity contribution in [2.45, 2.75) is 38.9 Å². The van der Waals surface area contributed by atoms with E-state index in [9.17, 15) is 4.39 Å². The summed E-state index contributed by atoms with van der Waals surface area (Å²) in [5.74, 6) is -0.0246. The number of nitrogens with zero attached hydrogens (tertiary/aromatic N) is 1. The largest absolute Gasteiger partial charge is 0.497 e. The summed E-state index contributed by atoms with van der Waals surface area (Å²) in [5.41, 5.74) is 5.35. The van der Waals surface area contributed by atoms with Crippen molar-refractivity contribution in [3.05, 3.63) is 24.0 Å². The second-order valence-corrected chi connectivity index (χ2v) is 6.30. The van der Waals surface area contributed by atoms with Gasteiger partial charge in [0.25, 0.3) is 0 Å². The third-order valence-electron chi connectivity index (χ3n) is 3.90. The average molecular weight is 313 g/mol. The lowest BCUT2D eigenvalue weighted by Gasteiger charge is -2.32. The number of halogens is 2. The molecule has 1 fully saturated rings. The van der Waals surface area contributed by atoms with Crippen LogP contribution in [0.2, 0.25) is 0 Å². The number of hydrogen-bond acceptors (Lipinski definition) is 3. The highest BCUT2D eigenvalue weighted by Crippen LogP contribution is 2.36. The van der Waals surface area contributed by atoms with Crippen molar-refractivity contribution in [2.24, 2.45) is 10.7 Å². The zero-order chi connectivity index (χ0) is 15.8. The van der Waals surface area contributed by atoms with Crippen LogP contribution in [0, 0.1) is 5.82 Å². The monoisotopic (exact) mass is 312 g/mol. The normalized spacial score (nSPS) is 20.9. The van der Waals surface area contributed by atoms with E-state index in [1.165, 1.54) is 12.1 Å². The van der Waals surface area contributed by atoms with Crippen LogP contribution in [0.5, 0.6) is 0 Å². The van der Waals surface area contributed by atoms with Crippen LogP contribution in [0.1, 0.15) is 27.7 Å². The molecule has 0 aliphatic carbocycles. The molecule has 0 spiro atoms. The molecular formula is C14H19BClFN2O2. The Bertz CT molecular complexity index is 562. The van der Waals surface area contributed by atoms with Gasteiger partial charge in [0.2, 0.25) is 0 Å². The number of benzene rings is 1. The summed E-state index contributed by atoms with van der Waals surface area (Å²) in [4.78, 5) is 4.11. The third-order valence-corrected chi connectivity index (χ3v) is 4.17. The number of rotatable bonds is 3. The van der Waals surface area contributed by atoms with Crippen molar-refractivity contribution in [3.8, 4) is 0 Å². The Morgan fingerprint density at radius 1 is 1.29 bits per heavy atom. The van der Waals surface area contributed by atoms with E-state index in [0.717, 1.165) is 0 Å². The Balaban J connectivity index is 2.35. The maximum atomic E-state index is 14.1. The SMILES string of the molecule is CC1(C)OB(c2cc(N=C(N)CCl)ccc2F)OC1(C)C. The molecule has 0 aromatic heterocycles. The van der Waals surface area contributed by atoms with Crippen molar-refractivity contribution >= 4 is 35.7 Å². The highest BCUT2D eigenvalue weighted by Gasteiger charge is 2.52. The molecule has 0 radical (unpaired) electrons. The summed E-state index contributed by atoms with van der Waals surface area (Å²) in [6.07, 6.45) is 0. The van der Waals surface area contributed by atoms with Crippen molar-refractivity contribution in [3.63, 3.8) is 0 Å². The van der Waals surface area contributed by atoms with Gasteiger partial charge < -0.3 is 15.0 Å². The summed E-state index contributed by atoms with van der Waals surface area (Å²) < 4.78 is 25.8. The molecule has 114 valence electrons. The Kier molecular flexibility index (Phi) is 4.33. The first kappa shape index (κ1) is 16.3. The minimum Gasteiger partial charge on any atom is -0.399 e. The zero-order valence-electron chi connectivity index (χ0n) is 12.6. The molecule has 2 N–H and O–H groups in total. The Hall–Kier alpha value is -1.11. The van der Waals surface area contributed by atoms with Crippen LogP contribution in [0.15, 0.2) is 23.2 Å². The van der Waals surface area contributed by atoms with Gasteiger partial charge in [0.15, 0.2) is 0 Å². The molecule has 4 nitrogen and oxygen atoms in total. The van der Waals surface area contributed by atoms with Crippen LogP contribution in [0.4, 0.5) is 10.1 Å². The Morgan fingerprint density at radius 3 is 2.38 bits per heavy atom. The molecule has 21 heavy (non-hydrogen) atoms. The van der Waals surface area contributed by atoms with Gasteiger partial charge in [-0.15, -0.1) is 11.6 Å². The molecule has 7 heteroatoms. The highest BCUT2D eigenvalue weighted by molar-refractivity contribution is 6.62. The van der Waals surface area contributed by atoms with E-state index in [-0.39, 0.29) is 11.7 Å². The van der Waals surface area contributed by atoms with E-state index in [4.69, 9.17) is 26.6 Å². The predicted molar refractivity (Wildman–Crippen MR) is 84.1 cm³/mol. The molecule has 1 aromatic rings. The standard InChI is InChI=1S/C14H19BClFN2O2/c1-13(2)14(3,4)21-15(20-13)10-7-9(5-6-11(10)17)19-12(18)8-16/h5-7H,8H2,1-4H3,(H2,18,19). The summed E-state index contributed by atoms with van der Waals surface area (Å²) in [5, 5.41) is 0. The predicted octanol–water partition coefficient (Wildman–Crippen LogP) is 2.35. The van der Waals surface area contributed by atoms with Crippen LogP contribution >= 0.6 is 11.6 Å². The van der Waals surface area contributed by atoms with Crippen LogP contribution in [-0.4, -0.2) is 30.0 Å². The lowest BCUT2D eigenvalue weighted by Crippen LogP contribution is -2.41. The van der Waals surface area contributed by atoms with E-state index in [1.54, 1.807) is 6.07 Å². The average Bonchev–Trinajstić information content (AvgIpc) is 2.60. The fourth-order valence-corrected chi connectivity index (χ4v) is 2.01. The first-order valence-electron chi connectivity index (χ1n) is 6.70. The summed E-state index contributed by atoms with van der Waals surface area (Å²) in [6, 6.07) is 4.42. The maximum absolute atomic E-state index is 14.1. The van der Waals surface area contributed by atoms with Gasteiger partial charge in [0.05, 0.1) is 22.8 Å². The van der Waals surface area contributed by atoms with Crippen molar-refractivity contribution in [1.82, 2.24) is 0 Å². The quantitative estimate of drug-likeness (QED) is 0.403. The summed E-state index contributed by atoms with van der Waals surface area (Å²) >= 11 is 5.60. The lowest BCUT2D eigenvalue weighted by molar-refractivity contribution is 0.00578. The molecule has 0 atom stereocenters. The summed E-state index contributed by atoms with van der Waals surface area (Å²) in [6.45, 7) is 7.66. The first-order chi connectivity index (χ1) is 9.66. The van der Waals surface area contributed by atoms with Gasteiger partial charge in [-0.1, -0.05) is 0 Å². The van der Waals surface area contributed by atoms with Crippen molar-refractivity contribution in [2.75, 3.05) is 5.88 Å². The molecule has 1 aliphatic rings. The van der Waals surface area contributed by atoms with E-state index >= 15 is 0 Å². The van der Waals surface area contributed by atoms with Crippen molar-refractivity contribution < 1.29 is 13.7 Å². The first-order valence-corrected chi connectivity index (χ1v) is 7.24. The second kappa shape index (κ2) is 5.59. The van der Waals surface area contributed by atoms with Gasteiger partial charge >= 0.3 is 7.12 Å². The van der Waals surface area contributed by atoms with Gasteiger partial charge in [-0.2, -0.15) is 0 Å². The van der Waals surface area contributed by atoms with Crippen LogP contribution in [-0.2, 0) is 9.31 Å². The van der Waals surface area contributed by atoms with Gasteiger partial charge in [-0.05, 0) is 45.9 Å². The Labute approximate surface area is 129 Å². The molecule has 1 saturated heterocycles. The molecular weight excluding hydrogens is 293 g/mol. The number of alkyl halides is 1. The highest BCUT2D eigenvalue weighted by atomic mass is 35.5. The molecule has 0 amide bonds. The van der Waals surface area contributed by atoms with Crippen LogP contribution < -0.4 is 11.2 Å². The number of nitrogens with two attached hydrogens (primary N) is 1. The van der Waals surface area contributed by atoms with Crippen LogP contribution in [0.3, 0.4) is 0 Å². The van der Waals surface area contributed by atoms with E-state index in [0.29, 0.717) is 11.2 Å². The van der Waals surface area contributed by atoms with Gasteiger partial charge in [0, 0.05) is 5.46 Å².